The van der Waals surface area contributed by atoms with E-state index in [1.165, 1.54) is 0 Å². The molecule has 0 amide bonds. The predicted molar refractivity (Wildman–Crippen MR) is 60.5 cm³/mol. The number of nitrogens with one attached hydrogen (secondary N) is 1. The highest BCUT2D eigenvalue weighted by atomic mass is 16.7. The van der Waals surface area contributed by atoms with Crippen LogP contribution in [0.4, 0.5) is 0 Å². The molecular formula is C11H22N2O3. The fourth-order valence-electron chi connectivity index (χ4n) is 1.34. The molecule has 1 saturated heterocycles. The Bertz CT molecular complexity index is 236. The highest BCUT2D eigenvalue weighted by molar-refractivity contribution is 5.75. The summed E-state index contributed by atoms with van der Waals surface area (Å²) in [6, 6.07) is 0. The topological polar surface area (TPSA) is 50.8 Å². The Kier molecular flexibility index (Phi) is 4.70. The standard InChI is InChI=1S/C11H22N2O3/c1-5-15-9-8-13(7-6-12-9)16-10(14)11(2,3)4/h9,12H,5-8H2,1-4H3/t9-/m0/s1. The molecule has 1 aliphatic rings. The van der Waals surface area contributed by atoms with Crippen LogP contribution in [0.25, 0.3) is 0 Å². The van der Waals surface area contributed by atoms with Gasteiger partial charge in [-0.1, -0.05) is 0 Å². The van der Waals surface area contributed by atoms with Crippen LogP contribution >= 0.6 is 0 Å². The second kappa shape index (κ2) is 5.61. The van der Waals surface area contributed by atoms with Crippen LogP contribution in [0.1, 0.15) is 27.7 Å². The van der Waals surface area contributed by atoms with Gasteiger partial charge in [-0.25, -0.2) is 4.79 Å². The number of carbonyl (C=O) groups excluding carboxylic acids is 1. The van der Waals surface area contributed by atoms with Crippen LogP contribution < -0.4 is 5.32 Å². The second-order valence-corrected chi connectivity index (χ2v) is 4.91. The molecule has 0 saturated carbocycles. The highest BCUT2D eigenvalue weighted by Gasteiger charge is 2.28. The third-order valence-electron chi connectivity index (χ3n) is 2.29. The van der Waals surface area contributed by atoms with Crippen LogP contribution in [0.2, 0.25) is 0 Å². The van der Waals surface area contributed by atoms with E-state index in [-0.39, 0.29) is 12.2 Å². The maximum absolute atomic E-state index is 11.7. The minimum Gasteiger partial charge on any atom is -0.367 e. The van der Waals surface area contributed by atoms with Gasteiger partial charge < -0.3 is 9.57 Å². The Labute approximate surface area is 97.0 Å². The Morgan fingerprint density at radius 1 is 1.50 bits per heavy atom. The summed E-state index contributed by atoms with van der Waals surface area (Å²) in [6.07, 6.45) is -0.0495. The number of piperazine rings is 1. The van der Waals surface area contributed by atoms with Crippen molar-refractivity contribution in [3.63, 3.8) is 0 Å². The van der Waals surface area contributed by atoms with E-state index < -0.39 is 5.41 Å². The van der Waals surface area contributed by atoms with Gasteiger partial charge in [0.15, 0.2) is 0 Å². The monoisotopic (exact) mass is 230 g/mol. The van der Waals surface area contributed by atoms with Crippen molar-refractivity contribution in [1.82, 2.24) is 10.4 Å². The molecule has 0 aliphatic carbocycles. The number of hydrogen-bond donors (Lipinski definition) is 1. The number of ether oxygens (including phenoxy) is 1. The molecular weight excluding hydrogens is 208 g/mol. The lowest BCUT2D eigenvalue weighted by Crippen LogP contribution is -2.52. The molecule has 1 fully saturated rings. The summed E-state index contributed by atoms with van der Waals surface area (Å²) in [4.78, 5) is 17.0. The van der Waals surface area contributed by atoms with Gasteiger partial charge in [0.25, 0.3) is 0 Å². The molecule has 1 N–H and O–H groups in total. The molecule has 0 spiro atoms. The van der Waals surface area contributed by atoms with Gasteiger partial charge in [0, 0.05) is 19.7 Å². The zero-order valence-corrected chi connectivity index (χ0v) is 10.6. The molecule has 1 heterocycles. The van der Waals surface area contributed by atoms with Crippen molar-refractivity contribution < 1.29 is 14.4 Å². The first kappa shape index (κ1) is 13.4. The van der Waals surface area contributed by atoms with E-state index in [0.29, 0.717) is 19.7 Å². The van der Waals surface area contributed by atoms with Gasteiger partial charge >= 0.3 is 5.97 Å². The zero-order valence-electron chi connectivity index (χ0n) is 10.6. The molecule has 5 nitrogen and oxygen atoms in total. The Balaban J connectivity index is 2.40. The predicted octanol–water partition coefficient (Wildman–Crippen LogP) is 0.758. The average molecular weight is 230 g/mol. The van der Waals surface area contributed by atoms with E-state index >= 15 is 0 Å². The minimum absolute atomic E-state index is 0.0495. The van der Waals surface area contributed by atoms with Crippen molar-refractivity contribution in [3.8, 4) is 0 Å². The average Bonchev–Trinajstić information content (AvgIpc) is 2.17. The fourth-order valence-corrected chi connectivity index (χ4v) is 1.34. The Morgan fingerprint density at radius 2 is 2.19 bits per heavy atom. The zero-order chi connectivity index (χ0) is 12.2. The lowest BCUT2D eigenvalue weighted by molar-refractivity contribution is -0.214. The molecule has 0 aromatic heterocycles. The molecule has 16 heavy (non-hydrogen) atoms. The maximum atomic E-state index is 11.7. The molecule has 5 heteroatoms. The number of hydrogen-bond acceptors (Lipinski definition) is 5. The van der Waals surface area contributed by atoms with E-state index in [1.807, 2.05) is 27.7 Å². The van der Waals surface area contributed by atoms with Gasteiger partial charge in [0.2, 0.25) is 0 Å². The normalized spacial score (nSPS) is 23.1. The largest absolute Gasteiger partial charge is 0.367 e. The van der Waals surface area contributed by atoms with Crippen LogP contribution in [0, 0.1) is 5.41 Å². The van der Waals surface area contributed by atoms with E-state index in [0.717, 1.165) is 6.54 Å². The third-order valence-corrected chi connectivity index (χ3v) is 2.29. The van der Waals surface area contributed by atoms with Gasteiger partial charge in [0.1, 0.15) is 6.23 Å². The van der Waals surface area contributed by atoms with Crippen LogP contribution in [0.3, 0.4) is 0 Å². The smallest absolute Gasteiger partial charge is 0.330 e. The number of hydroxylamine groups is 2. The minimum atomic E-state index is -0.466. The lowest BCUT2D eigenvalue weighted by Gasteiger charge is -2.33. The molecule has 0 unspecified atom stereocenters. The maximum Gasteiger partial charge on any atom is 0.330 e. The fraction of sp³-hybridized carbons (Fsp3) is 0.909. The quantitative estimate of drug-likeness (QED) is 0.775. The molecule has 0 radical (unpaired) electrons. The van der Waals surface area contributed by atoms with E-state index in [1.54, 1.807) is 5.06 Å². The van der Waals surface area contributed by atoms with Crippen LogP contribution in [-0.4, -0.2) is 43.5 Å². The summed E-state index contributed by atoms with van der Waals surface area (Å²) in [5, 5.41) is 4.88. The molecule has 1 rings (SSSR count). The van der Waals surface area contributed by atoms with E-state index in [2.05, 4.69) is 5.32 Å². The van der Waals surface area contributed by atoms with Crippen molar-refractivity contribution in [2.45, 2.75) is 33.9 Å². The molecule has 1 aliphatic heterocycles. The molecule has 1 atom stereocenters. The highest BCUT2D eigenvalue weighted by Crippen LogP contribution is 2.16. The van der Waals surface area contributed by atoms with Crippen molar-refractivity contribution in [3.05, 3.63) is 0 Å². The third kappa shape index (κ3) is 4.08. The first-order chi connectivity index (χ1) is 7.43. The Morgan fingerprint density at radius 3 is 2.75 bits per heavy atom. The van der Waals surface area contributed by atoms with Crippen LogP contribution in [-0.2, 0) is 14.4 Å². The van der Waals surface area contributed by atoms with Gasteiger partial charge in [0.05, 0.1) is 12.0 Å². The summed E-state index contributed by atoms with van der Waals surface area (Å²) in [6.45, 7) is 10.2. The van der Waals surface area contributed by atoms with Gasteiger partial charge in [-0.15, -0.1) is 5.06 Å². The van der Waals surface area contributed by atoms with Crippen molar-refractivity contribution in [1.29, 1.82) is 0 Å². The summed E-state index contributed by atoms with van der Waals surface area (Å²) in [5.41, 5.74) is -0.466. The molecule has 0 aromatic rings. The number of nitrogens with zero attached hydrogens (tertiary/aromatic N) is 1. The first-order valence-corrected chi connectivity index (χ1v) is 5.76. The van der Waals surface area contributed by atoms with Gasteiger partial charge in [-0.05, 0) is 27.7 Å². The summed E-state index contributed by atoms with van der Waals surface area (Å²) in [7, 11) is 0. The molecule has 0 aromatic carbocycles. The van der Waals surface area contributed by atoms with Crippen molar-refractivity contribution in [2.24, 2.45) is 5.41 Å². The first-order valence-electron chi connectivity index (χ1n) is 5.76. The summed E-state index contributed by atoms with van der Waals surface area (Å²) in [5.74, 6) is -0.204. The van der Waals surface area contributed by atoms with Crippen molar-refractivity contribution in [2.75, 3.05) is 26.2 Å². The Hall–Kier alpha value is -0.650. The van der Waals surface area contributed by atoms with Crippen LogP contribution in [0.5, 0.6) is 0 Å². The van der Waals surface area contributed by atoms with Gasteiger partial charge in [-0.2, -0.15) is 0 Å². The SMILES string of the molecule is CCO[C@H]1CN(OC(=O)C(C)(C)C)CCN1. The summed E-state index contributed by atoms with van der Waals surface area (Å²) >= 11 is 0. The summed E-state index contributed by atoms with van der Waals surface area (Å²) < 4.78 is 5.44. The van der Waals surface area contributed by atoms with E-state index in [9.17, 15) is 4.79 Å². The van der Waals surface area contributed by atoms with Crippen molar-refractivity contribution >= 4 is 5.97 Å². The van der Waals surface area contributed by atoms with Crippen LogP contribution in [0.15, 0.2) is 0 Å². The second-order valence-electron chi connectivity index (χ2n) is 4.91. The van der Waals surface area contributed by atoms with E-state index in [4.69, 9.17) is 9.57 Å². The molecule has 94 valence electrons. The number of carbonyl (C=O) groups is 1. The number of rotatable bonds is 3. The van der Waals surface area contributed by atoms with Gasteiger partial charge in [-0.3, -0.25) is 5.32 Å². The lowest BCUT2D eigenvalue weighted by atomic mass is 9.98. The molecule has 0 bridgehead atoms.